The lowest BCUT2D eigenvalue weighted by atomic mass is 10.3. The van der Waals surface area contributed by atoms with E-state index in [2.05, 4.69) is 11.9 Å². The summed E-state index contributed by atoms with van der Waals surface area (Å²) in [6.07, 6.45) is 2.91. The molecule has 0 aromatic carbocycles. The molecule has 0 aliphatic rings. The molecular formula is C9H14N2S. The maximum absolute atomic E-state index is 5.58. The van der Waals surface area contributed by atoms with Crippen molar-refractivity contribution >= 4 is 11.8 Å². The van der Waals surface area contributed by atoms with Crippen LogP contribution in [0.25, 0.3) is 0 Å². The van der Waals surface area contributed by atoms with E-state index in [9.17, 15) is 0 Å². The van der Waals surface area contributed by atoms with Crippen LogP contribution in [0.15, 0.2) is 29.4 Å². The molecule has 3 heteroatoms. The van der Waals surface area contributed by atoms with Crippen LogP contribution >= 0.6 is 11.8 Å². The van der Waals surface area contributed by atoms with Crippen LogP contribution in [0.1, 0.15) is 13.3 Å². The molecule has 1 aromatic rings. The smallest absolute Gasteiger partial charge is 0.0962 e. The molecule has 12 heavy (non-hydrogen) atoms. The first-order valence-electron chi connectivity index (χ1n) is 4.14. The van der Waals surface area contributed by atoms with Crippen molar-refractivity contribution in [2.45, 2.75) is 23.6 Å². The van der Waals surface area contributed by atoms with Crippen molar-refractivity contribution in [1.29, 1.82) is 0 Å². The molecule has 0 amide bonds. The van der Waals surface area contributed by atoms with Gasteiger partial charge in [-0.1, -0.05) is 13.0 Å². The second kappa shape index (κ2) is 5.17. The topological polar surface area (TPSA) is 38.9 Å². The summed E-state index contributed by atoms with van der Waals surface area (Å²) in [7, 11) is 0. The average Bonchev–Trinajstić information content (AvgIpc) is 2.16. The Balaban J connectivity index is 2.51. The number of thioether (sulfide) groups is 1. The number of pyridine rings is 1. The highest BCUT2D eigenvalue weighted by atomic mass is 32.2. The Bertz CT molecular complexity index is 209. The zero-order valence-electron chi connectivity index (χ0n) is 7.23. The summed E-state index contributed by atoms with van der Waals surface area (Å²) in [5, 5.41) is 1.56. The molecule has 0 aliphatic carbocycles. The molecule has 1 aromatic heterocycles. The minimum absolute atomic E-state index is 0.500. The highest BCUT2D eigenvalue weighted by Crippen LogP contribution is 2.21. The van der Waals surface area contributed by atoms with Crippen molar-refractivity contribution in [3.8, 4) is 0 Å². The van der Waals surface area contributed by atoms with Gasteiger partial charge in [-0.05, 0) is 18.6 Å². The molecule has 2 nitrogen and oxygen atoms in total. The Labute approximate surface area is 77.6 Å². The second-order valence-corrected chi connectivity index (χ2v) is 3.87. The lowest BCUT2D eigenvalue weighted by Gasteiger charge is -2.09. The van der Waals surface area contributed by atoms with E-state index >= 15 is 0 Å². The zero-order valence-corrected chi connectivity index (χ0v) is 8.05. The van der Waals surface area contributed by atoms with E-state index in [0.717, 1.165) is 18.0 Å². The highest BCUT2D eigenvalue weighted by Gasteiger charge is 2.05. The standard InChI is InChI=1S/C9H14N2S/c1-2-8(7-10)12-9-5-3-4-6-11-9/h3-6,8H,2,7,10H2,1H3. The highest BCUT2D eigenvalue weighted by molar-refractivity contribution is 7.99. The third-order valence-electron chi connectivity index (χ3n) is 1.64. The molecule has 1 rings (SSSR count). The van der Waals surface area contributed by atoms with Gasteiger partial charge in [0.05, 0.1) is 5.03 Å². The maximum Gasteiger partial charge on any atom is 0.0962 e. The van der Waals surface area contributed by atoms with Crippen LogP contribution in [0, 0.1) is 0 Å². The van der Waals surface area contributed by atoms with Gasteiger partial charge in [-0.15, -0.1) is 11.8 Å². The number of hydrogen-bond acceptors (Lipinski definition) is 3. The molecule has 0 fully saturated rings. The van der Waals surface area contributed by atoms with Crippen LogP contribution in [-0.2, 0) is 0 Å². The fourth-order valence-corrected chi connectivity index (χ4v) is 1.77. The fraction of sp³-hybridized carbons (Fsp3) is 0.444. The Morgan fingerprint density at radius 2 is 2.42 bits per heavy atom. The summed E-state index contributed by atoms with van der Waals surface area (Å²) in [6.45, 7) is 2.87. The fourth-order valence-electron chi connectivity index (χ4n) is 0.886. The van der Waals surface area contributed by atoms with Crippen LogP contribution in [0.2, 0.25) is 0 Å². The summed E-state index contributed by atoms with van der Waals surface area (Å²) < 4.78 is 0. The molecule has 0 saturated carbocycles. The second-order valence-electron chi connectivity index (χ2n) is 2.55. The molecule has 2 N–H and O–H groups in total. The SMILES string of the molecule is CCC(CN)Sc1ccccn1. The monoisotopic (exact) mass is 182 g/mol. The number of nitrogens with zero attached hydrogens (tertiary/aromatic N) is 1. The van der Waals surface area contributed by atoms with Crippen LogP contribution in [0.4, 0.5) is 0 Å². The van der Waals surface area contributed by atoms with E-state index in [1.807, 2.05) is 24.4 Å². The molecule has 66 valence electrons. The summed E-state index contributed by atoms with van der Waals surface area (Å²) in [5.74, 6) is 0. The van der Waals surface area contributed by atoms with E-state index in [1.54, 1.807) is 11.8 Å². The Morgan fingerprint density at radius 1 is 1.58 bits per heavy atom. The molecule has 0 spiro atoms. The maximum atomic E-state index is 5.58. The molecule has 1 heterocycles. The molecule has 1 atom stereocenters. The van der Waals surface area contributed by atoms with Gasteiger partial charge in [-0.3, -0.25) is 0 Å². The summed E-state index contributed by atoms with van der Waals surface area (Å²) in [5.41, 5.74) is 5.58. The van der Waals surface area contributed by atoms with Crippen molar-refractivity contribution < 1.29 is 0 Å². The van der Waals surface area contributed by atoms with E-state index in [0.29, 0.717) is 5.25 Å². The summed E-state index contributed by atoms with van der Waals surface area (Å²) >= 11 is 1.75. The van der Waals surface area contributed by atoms with Gasteiger partial charge in [0.15, 0.2) is 0 Å². The van der Waals surface area contributed by atoms with Gasteiger partial charge < -0.3 is 5.73 Å². The summed E-state index contributed by atoms with van der Waals surface area (Å²) in [6, 6.07) is 5.94. The van der Waals surface area contributed by atoms with Crippen molar-refractivity contribution in [2.75, 3.05) is 6.54 Å². The normalized spacial score (nSPS) is 12.8. The van der Waals surface area contributed by atoms with Gasteiger partial charge in [-0.2, -0.15) is 0 Å². The molecule has 0 radical (unpaired) electrons. The first-order valence-corrected chi connectivity index (χ1v) is 5.02. The third kappa shape index (κ3) is 2.83. The van der Waals surface area contributed by atoms with Crippen molar-refractivity contribution in [3.63, 3.8) is 0 Å². The first-order chi connectivity index (χ1) is 5.86. The quantitative estimate of drug-likeness (QED) is 0.723. The molecular weight excluding hydrogens is 168 g/mol. The average molecular weight is 182 g/mol. The minimum atomic E-state index is 0.500. The van der Waals surface area contributed by atoms with Gasteiger partial charge in [0, 0.05) is 18.0 Å². The number of rotatable bonds is 4. The zero-order chi connectivity index (χ0) is 8.81. The Hall–Kier alpha value is -0.540. The van der Waals surface area contributed by atoms with Gasteiger partial charge in [0.2, 0.25) is 0 Å². The molecule has 0 bridgehead atoms. The minimum Gasteiger partial charge on any atom is -0.329 e. The van der Waals surface area contributed by atoms with Crippen molar-refractivity contribution in [3.05, 3.63) is 24.4 Å². The largest absolute Gasteiger partial charge is 0.329 e. The van der Waals surface area contributed by atoms with Gasteiger partial charge in [0.1, 0.15) is 0 Å². The predicted molar refractivity (Wildman–Crippen MR) is 53.2 cm³/mol. The van der Waals surface area contributed by atoms with E-state index in [-0.39, 0.29) is 0 Å². The van der Waals surface area contributed by atoms with Gasteiger partial charge >= 0.3 is 0 Å². The van der Waals surface area contributed by atoms with E-state index in [4.69, 9.17) is 5.73 Å². The summed E-state index contributed by atoms with van der Waals surface area (Å²) in [4.78, 5) is 4.22. The lowest BCUT2D eigenvalue weighted by molar-refractivity contribution is 0.824. The van der Waals surface area contributed by atoms with Crippen LogP contribution < -0.4 is 5.73 Å². The number of hydrogen-bond donors (Lipinski definition) is 1. The van der Waals surface area contributed by atoms with E-state index in [1.165, 1.54) is 0 Å². The molecule has 0 saturated heterocycles. The number of aromatic nitrogens is 1. The Morgan fingerprint density at radius 3 is 2.92 bits per heavy atom. The Kier molecular flexibility index (Phi) is 4.11. The van der Waals surface area contributed by atoms with Gasteiger partial charge in [0.25, 0.3) is 0 Å². The van der Waals surface area contributed by atoms with Crippen molar-refractivity contribution in [1.82, 2.24) is 4.98 Å². The van der Waals surface area contributed by atoms with E-state index < -0.39 is 0 Å². The van der Waals surface area contributed by atoms with Crippen LogP contribution in [0.3, 0.4) is 0 Å². The predicted octanol–water partition coefficient (Wildman–Crippen LogP) is 1.91. The first kappa shape index (κ1) is 9.55. The number of nitrogens with two attached hydrogens (primary N) is 1. The van der Waals surface area contributed by atoms with Crippen LogP contribution in [-0.4, -0.2) is 16.8 Å². The van der Waals surface area contributed by atoms with Crippen molar-refractivity contribution in [2.24, 2.45) is 5.73 Å². The van der Waals surface area contributed by atoms with Crippen LogP contribution in [0.5, 0.6) is 0 Å². The molecule has 1 unspecified atom stereocenters. The molecule has 0 aliphatic heterocycles. The third-order valence-corrected chi connectivity index (χ3v) is 2.99. The lowest BCUT2D eigenvalue weighted by Crippen LogP contribution is -2.15. The van der Waals surface area contributed by atoms with Gasteiger partial charge in [-0.25, -0.2) is 4.98 Å².